The highest BCUT2D eigenvalue weighted by atomic mass is 79.9. The summed E-state index contributed by atoms with van der Waals surface area (Å²) in [5, 5.41) is 0. The fourth-order valence-electron chi connectivity index (χ4n) is 3.27. The minimum absolute atomic E-state index is 0.0395. The molecule has 0 fully saturated rings. The molecule has 5 nitrogen and oxygen atoms in total. The number of nitrogens with zero attached hydrogens (tertiary/aromatic N) is 2. The van der Waals surface area contributed by atoms with E-state index in [1.807, 2.05) is 36.4 Å². The molecule has 1 aliphatic heterocycles. The first-order valence-electron chi connectivity index (χ1n) is 8.54. The number of rotatable bonds is 3. The summed E-state index contributed by atoms with van der Waals surface area (Å²) in [6.45, 7) is 2.34. The SMILES string of the molecule is Nc1ccc(-c2nc3c(c(=O)[nH]2)CCN(Cc2ccccc2Br)C3)cc1. The van der Waals surface area contributed by atoms with E-state index < -0.39 is 0 Å². The van der Waals surface area contributed by atoms with Crippen LogP contribution in [0.5, 0.6) is 0 Å². The quantitative estimate of drug-likeness (QED) is 0.649. The summed E-state index contributed by atoms with van der Waals surface area (Å²) in [6, 6.07) is 15.6. The second kappa shape index (κ2) is 7.05. The van der Waals surface area contributed by atoms with Crippen LogP contribution in [0.3, 0.4) is 0 Å². The predicted octanol–water partition coefficient (Wildman–Crippen LogP) is 3.34. The van der Waals surface area contributed by atoms with Crippen molar-refractivity contribution >= 4 is 21.6 Å². The number of benzene rings is 2. The minimum Gasteiger partial charge on any atom is -0.399 e. The standard InChI is InChI=1S/C20H19BrN4O/c21-17-4-2-1-3-14(17)11-25-10-9-16-18(12-25)23-19(24-20(16)26)13-5-7-15(22)8-6-13/h1-8H,9-12,22H2,(H,23,24,26). The molecule has 0 saturated heterocycles. The number of H-pyrrole nitrogens is 1. The van der Waals surface area contributed by atoms with Gasteiger partial charge in [-0.25, -0.2) is 4.98 Å². The van der Waals surface area contributed by atoms with Crippen LogP contribution in [0.1, 0.15) is 16.8 Å². The van der Waals surface area contributed by atoms with E-state index in [4.69, 9.17) is 10.7 Å². The Labute approximate surface area is 160 Å². The number of aromatic nitrogens is 2. The zero-order valence-corrected chi connectivity index (χ0v) is 15.8. The smallest absolute Gasteiger partial charge is 0.254 e. The number of fused-ring (bicyclic) bond motifs is 1. The van der Waals surface area contributed by atoms with E-state index >= 15 is 0 Å². The third-order valence-corrected chi connectivity index (χ3v) is 5.46. The molecule has 3 aromatic rings. The molecule has 2 aromatic carbocycles. The van der Waals surface area contributed by atoms with Gasteiger partial charge in [0.1, 0.15) is 5.82 Å². The zero-order valence-electron chi connectivity index (χ0n) is 14.2. The van der Waals surface area contributed by atoms with Gasteiger partial charge >= 0.3 is 0 Å². The highest BCUT2D eigenvalue weighted by Crippen LogP contribution is 2.23. The van der Waals surface area contributed by atoms with Crippen molar-refractivity contribution in [2.24, 2.45) is 0 Å². The molecule has 3 N–H and O–H groups in total. The van der Waals surface area contributed by atoms with Crippen LogP contribution in [0.2, 0.25) is 0 Å². The summed E-state index contributed by atoms with van der Waals surface area (Å²) in [5.41, 5.74) is 10.2. The van der Waals surface area contributed by atoms with Gasteiger partial charge < -0.3 is 10.7 Å². The molecule has 6 heteroatoms. The fourth-order valence-corrected chi connectivity index (χ4v) is 3.68. The first-order chi connectivity index (χ1) is 12.6. The second-order valence-corrected chi connectivity index (χ2v) is 7.37. The Balaban J connectivity index is 1.62. The average Bonchev–Trinajstić information content (AvgIpc) is 2.64. The van der Waals surface area contributed by atoms with E-state index in [9.17, 15) is 4.79 Å². The van der Waals surface area contributed by atoms with Crippen molar-refractivity contribution in [3.63, 3.8) is 0 Å². The normalized spacial score (nSPS) is 14.2. The molecule has 0 atom stereocenters. The number of nitrogen functional groups attached to an aromatic ring is 1. The zero-order chi connectivity index (χ0) is 18.1. The molecule has 0 spiro atoms. The molecule has 0 saturated carbocycles. The number of halogens is 1. The number of nitrogens with one attached hydrogen (secondary N) is 1. The van der Waals surface area contributed by atoms with Gasteiger partial charge in [-0.3, -0.25) is 9.69 Å². The maximum absolute atomic E-state index is 12.5. The summed E-state index contributed by atoms with van der Waals surface area (Å²) in [5.74, 6) is 0.594. The van der Waals surface area contributed by atoms with Crippen LogP contribution >= 0.6 is 15.9 Å². The first kappa shape index (κ1) is 17.0. The Hall–Kier alpha value is -2.44. The number of hydrogen-bond donors (Lipinski definition) is 2. The van der Waals surface area contributed by atoms with Crippen molar-refractivity contribution in [2.45, 2.75) is 19.5 Å². The molecule has 0 aliphatic carbocycles. The van der Waals surface area contributed by atoms with Crippen molar-refractivity contribution in [1.82, 2.24) is 14.9 Å². The third-order valence-electron chi connectivity index (χ3n) is 4.69. The second-order valence-electron chi connectivity index (χ2n) is 6.51. The van der Waals surface area contributed by atoms with Crippen LogP contribution in [-0.2, 0) is 19.5 Å². The summed E-state index contributed by atoms with van der Waals surface area (Å²) in [7, 11) is 0. The van der Waals surface area contributed by atoms with Gasteiger partial charge in [0.15, 0.2) is 0 Å². The summed E-state index contributed by atoms with van der Waals surface area (Å²) in [6.07, 6.45) is 0.712. The fraction of sp³-hybridized carbons (Fsp3) is 0.200. The van der Waals surface area contributed by atoms with Gasteiger partial charge in [-0.2, -0.15) is 0 Å². The van der Waals surface area contributed by atoms with E-state index in [0.29, 0.717) is 24.5 Å². The van der Waals surface area contributed by atoms with Crippen LogP contribution in [-0.4, -0.2) is 21.4 Å². The summed E-state index contributed by atoms with van der Waals surface area (Å²) < 4.78 is 1.10. The Bertz CT molecular complexity index is 997. The molecule has 0 unspecified atom stereocenters. The van der Waals surface area contributed by atoms with Gasteiger partial charge in [-0.1, -0.05) is 34.1 Å². The van der Waals surface area contributed by atoms with Gasteiger partial charge in [0.25, 0.3) is 5.56 Å². The van der Waals surface area contributed by atoms with Crippen molar-refractivity contribution in [3.05, 3.63) is 80.2 Å². The first-order valence-corrected chi connectivity index (χ1v) is 9.33. The number of hydrogen-bond acceptors (Lipinski definition) is 4. The molecule has 1 aromatic heterocycles. The van der Waals surface area contributed by atoms with Gasteiger partial charge in [0.2, 0.25) is 0 Å². The van der Waals surface area contributed by atoms with E-state index in [1.54, 1.807) is 0 Å². The van der Waals surface area contributed by atoms with Crippen molar-refractivity contribution < 1.29 is 0 Å². The Morgan fingerprint density at radius 3 is 2.69 bits per heavy atom. The van der Waals surface area contributed by atoms with Gasteiger partial charge in [-0.15, -0.1) is 0 Å². The Morgan fingerprint density at radius 2 is 1.92 bits per heavy atom. The van der Waals surface area contributed by atoms with E-state index in [0.717, 1.165) is 34.4 Å². The van der Waals surface area contributed by atoms with E-state index in [1.165, 1.54) is 5.56 Å². The summed E-state index contributed by atoms with van der Waals surface area (Å²) >= 11 is 3.61. The number of anilines is 1. The highest BCUT2D eigenvalue weighted by Gasteiger charge is 2.21. The monoisotopic (exact) mass is 410 g/mol. The number of aromatic amines is 1. The lowest BCUT2D eigenvalue weighted by Crippen LogP contribution is -2.35. The van der Waals surface area contributed by atoms with Gasteiger partial charge in [-0.05, 0) is 42.3 Å². The number of nitrogens with two attached hydrogens (primary N) is 1. The van der Waals surface area contributed by atoms with Gasteiger partial charge in [0, 0.05) is 40.9 Å². The average molecular weight is 411 g/mol. The molecule has 132 valence electrons. The van der Waals surface area contributed by atoms with Crippen LogP contribution < -0.4 is 11.3 Å². The lowest BCUT2D eigenvalue weighted by atomic mass is 10.0. The molecule has 0 radical (unpaired) electrons. The summed E-state index contributed by atoms with van der Waals surface area (Å²) in [4.78, 5) is 22.5. The predicted molar refractivity (Wildman–Crippen MR) is 107 cm³/mol. The van der Waals surface area contributed by atoms with Crippen LogP contribution in [0.15, 0.2) is 57.8 Å². The molecular weight excluding hydrogens is 392 g/mol. The van der Waals surface area contributed by atoms with Gasteiger partial charge in [0.05, 0.1) is 5.69 Å². The molecule has 0 bridgehead atoms. The van der Waals surface area contributed by atoms with Crippen molar-refractivity contribution in [2.75, 3.05) is 12.3 Å². The van der Waals surface area contributed by atoms with Crippen LogP contribution in [0.25, 0.3) is 11.4 Å². The van der Waals surface area contributed by atoms with Crippen molar-refractivity contribution in [3.8, 4) is 11.4 Å². The van der Waals surface area contributed by atoms with Crippen LogP contribution in [0, 0.1) is 0 Å². The minimum atomic E-state index is -0.0395. The highest BCUT2D eigenvalue weighted by molar-refractivity contribution is 9.10. The lowest BCUT2D eigenvalue weighted by Gasteiger charge is -2.28. The maximum Gasteiger partial charge on any atom is 0.254 e. The molecule has 0 amide bonds. The lowest BCUT2D eigenvalue weighted by molar-refractivity contribution is 0.240. The topological polar surface area (TPSA) is 75.0 Å². The van der Waals surface area contributed by atoms with E-state index in [-0.39, 0.29) is 5.56 Å². The maximum atomic E-state index is 12.5. The molecule has 2 heterocycles. The molecule has 26 heavy (non-hydrogen) atoms. The third kappa shape index (κ3) is 3.43. The Kier molecular flexibility index (Phi) is 4.61. The van der Waals surface area contributed by atoms with E-state index in [2.05, 4.69) is 37.9 Å². The molecule has 1 aliphatic rings. The Morgan fingerprint density at radius 1 is 1.15 bits per heavy atom. The van der Waals surface area contributed by atoms with Crippen molar-refractivity contribution in [1.29, 1.82) is 0 Å². The largest absolute Gasteiger partial charge is 0.399 e. The van der Waals surface area contributed by atoms with Crippen LogP contribution in [0.4, 0.5) is 5.69 Å². The molecule has 4 rings (SSSR count). The molecular formula is C20H19BrN4O.